The Kier molecular flexibility index (Phi) is 3.38. The molecule has 0 aromatic rings. The second-order valence-corrected chi connectivity index (χ2v) is 1.27. The van der Waals surface area contributed by atoms with Crippen LogP contribution in [0.4, 0.5) is 0 Å². The highest BCUT2D eigenvalue weighted by Gasteiger charge is 1.92. The van der Waals surface area contributed by atoms with Gasteiger partial charge in [0.05, 0.1) is 0 Å². The second kappa shape index (κ2) is 3.65. The van der Waals surface area contributed by atoms with Gasteiger partial charge >= 0.3 is 0 Å². The number of rotatable bonds is 3. The van der Waals surface area contributed by atoms with E-state index in [1.807, 2.05) is 6.92 Å². The van der Waals surface area contributed by atoms with Gasteiger partial charge in [-0.15, -0.1) is 0 Å². The summed E-state index contributed by atoms with van der Waals surface area (Å²) in [4.78, 5) is 9.53. The fourth-order valence-electron chi connectivity index (χ4n) is 0.166. The molecule has 0 bridgehead atoms. The molecule has 41 valence electrons. The molecule has 7 heavy (non-hydrogen) atoms. The zero-order valence-electron chi connectivity index (χ0n) is 4.55. The Morgan fingerprint density at radius 1 is 1.71 bits per heavy atom. The SMILES string of the molecule is C[CH]C(C)OC=O. The molecular weight excluding hydrogens is 92.1 g/mol. The van der Waals surface area contributed by atoms with Crippen LogP contribution in [-0.4, -0.2) is 12.6 Å². The van der Waals surface area contributed by atoms with E-state index in [4.69, 9.17) is 0 Å². The third-order valence-corrected chi connectivity index (χ3v) is 0.740. The van der Waals surface area contributed by atoms with E-state index in [0.717, 1.165) is 0 Å². The zero-order chi connectivity index (χ0) is 5.70. The van der Waals surface area contributed by atoms with Crippen molar-refractivity contribution in [3.63, 3.8) is 0 Å². The van der Waals surface area contributed by atoms with Crippen molar-refractivity contribution in [1.29, 1.82) is 0 Å². The maximum Gasteiger partial charge on any atom is 0.293 e. The van der Waals surface area contributed by atoms with Crippen molar-refractivity contribution in [2.75, 3.05) is 0 Å². The quantitative estimate of drug-likeness (QED) is 0.491. The van der Waals surface area contributed by atoms with E-state index in [1.165, 1.54) is 0 Å². The fraction of sp³-hybridized carbons (Fsp3) is 0.600. The van der Waals surface area contributed by atoms with Crippen molar-refractivity contribution in [1.82, 2.24) is 0 Å². The average molecular weight is 101 g/mol. The van der Waals surface area contributed by atoms with E-state index >= 15 is 0 Å². The first kappa shape index (κ1) is 6.47. The van der Waals surface area contributed by atoms with Gasteiger partial charge in [0, 0.05) is 0 Å². The standard InChI is InChI=1S/C5H9O2/c1-3-5(2)7-4-6/h3-5H,1-2H3. The van der Waals surface area contributed by atoms with Crippen LogP contribution in [0, 0.1) is 6.42 Å². The summed E-state index contributed by atoms with van der Waals surface area (Å²) >= 11 is 0. The summed E-state index contributed by atoms with van der Waals surface area (Å²) in [6.45, 7) is 4.09. The fourth-order valence-corrected chi connectivity index (χ4v) is 0.166. The van der Waals surface area contributed by atoms with Crippen LogP contribution < -0.4 is 0 Å². The minimum absolute atomic E-state index is 0.0440. The number of hydrogen-bond acceptors (Lipinski definition) is 2. The van der Waals surface area contributed by atoms with E-state index < -0.39 is 0 Å². The summed E-state index contributed by atoms with van der Waals surface area (Å²) in [5.74, 6) is 0. The first-order valence-corrected chi connectivity index (χ1v) is 2.20. The summed E-state index contributed by atoms with van der Waals surface area (Å²) in [7, 11) is 0. The zero-order valence-corrected chi connectivity index (χ0v) is 4.55. The molecule has 0 rings (SSSR count). The molecule has 0 N–H and O–H groups in total. The van der Waals surface area contributed by atoms with Crippen molar-refractivity contribution < 1.29 is 9.53 Å². The normalized spacial score (nSPS) is 12.9. The number of carbonyl (C=O) groups excluding carboxylic acids is 1. The molecule has 0 saturated heterocycles. The monoisotopic (exact) mass is 101 g/mol. The highest BCUT2D eigenvalue weighted by Crippen LogP contribution is 1.89. The molecule has 0 aliphatic carbocycles. The topological polar surface area (TPSA) is 26.3 Å². The van der Waals surface area contributed by atoms with Gasteiger partial charge in [0.15, 0.2) is 0 Å². The summed E-state index contributed by atoms with van der Waals surface area (Å²) in [5.41, 5.74) is 0. The second-order valence-electron chi connectivity index (χ2n) is 1.27. The van der Waals surface area contributed by atoms with E-state index in [0.29, 0.717) is 6.47 Å². The highest BCUT2D eigenvalue weighted by molar-refractivity contribution is 5.37. The van der Waals surface area contributed by atoms with Gasteiger partial charge in [-0.05, 0) is 13.3 Å². The van der Waals surface area contributed by atoms with Gasteiger partial charge in [0.25, 0.3) is 6.47 Å². The van der Waals surface area contributed by atoms with Gasteiger partial charge in [-0.1, -0.05) is 6.92 Å². The Hall–Kier alpha value is -0.530. The lowest BCUT2D eigenvalue weighted by atomic mass is 10.3. The van der Waals surface area contributed by atoms with Crippen molar-refractivity contribution >= 4 is 6.47 Å². The molecule has 0 aliphatic rings. The summed E-state index contributed by atoms with van der Waals surface area (Å²) in [6.07, 6.45) is 1.76. The Balaban J connectivity index is 2.98. The Bertz CT molecular complexity index is 52.0. The third-order valence-electron chi connectivity index (χ3n) is 0.740. The van der Waals surface area contributed by atoms with Crippen LogP contribution in [0.15, 0.2) is 0 Å². The predicted octanol–water partition coefficient (Wildman–Crippen LogP) is 0.772. The lowest BCUT2D eigenvalue weighted by molar-refractivity contribution is -0.131. The van der Waals surface area contributed by atoms with Crippen LogP contribution in [0.3, 0.4) is 0 Å². The molecule has 1 atom stereocenters. The Morgan fingerprint density at radius 2 is 2.29 bits per heavy atom. The van der Waals surface area contributed by atoms with E-state index in [2.05, 4.69) is 4.74 Å². The molecule has 0 aliphatic heterocycles. The van der Waals surface area contributed by atoms with Gasteiger partial charge in [-0.25, -0.2) is 0 Å². The first-order valence-electron chi connectivity index (χ1n) is 2.20. The molecule has 1 radical (unpaired) electrons. The predicted molar refractivity (Wildman–Crippen MR) is 26.6 cm³/mol. The van der Waals surface area contributed by atoms with Gasteiger partial charge in [-0.2, -0.15) is 0 Å². The summed E-state index contributed by atoms with van der Waals surface area (Å²) < 4.78 is 4.45. The average Bonchev–Trinajstić information content (AvgIpc) is 1.68. The molecule has 0 saturated carbocycles. The summed E-state index contributed by atoms with van der Waals surface area (Å²) in [5, 5.41) is 0. The largest absolute Gasteiger partial charge is 0.465 e. The minimum atomic E-state index is -0.0440. The van der Waals surface area contributed by atoms with Crippen molar-refractivity contribution in [2.45, 2.75) is 20.0 Å². The van der Waals surface area contributed by atoms with Crippen LogP contribution >= 0.6 is 0 Å². The molecule has 1 unspecified atom stereocenters. The molecule has 0 amide bonds. The van der Waals surface area contributed by atoms with E-state index in [-0.39, 0.29) is 6.10 Å². The molecule has 2 heteroatoms. The van der Waals surface area contributed by atoms with Gasteiger partial charge in [-0.3, -0.25) is 4.79 Å². The number of hydrogen-bond donors (Lipinski definition) is 0. The van der Waals surface area contributed by atoms with Crippen LogP contribution in [0.2, 0.25) is 0 Å². The molecule has 0 aromatic carbocycles. The smallest absolute Gasteiger partial charge is 0.293 e. The molecule has 0 fully saturated rings. The lowest BCUT2D eigenvalue weighted by Crippen LogP contribution is -2.04. The Morgan fingerprint density at radius 3 is 2.43 bits per heavy atom. The maximum absolute atomic E-state index is 9.53. The van der Waals surface area contributed by atoms with Crippen LogP contribution in [-0.2, 0) is 9.53 Å². The minimum Gasteiger partial charge on any atom is -0.465 e. The molecule has 0 heterocycles. The molecule has 2 nitrogen and oxygen atoms in total. The number of carbonyl (C=O) groups is 1. The number of ether oxygens (including phenoxy) is 1. The highest BCUT2D eigenvalue weighted by atomic mass is 16.5. The van der Waals surface area contributed by atoms with E-state index in [1.54, 1.807) is 13.3 Å². The van der Waals surface area contributed by atoms with Crippen LogP contribution in [0.1, 0.15) is 13.8 Å². The van der Waals surface area contributed by atoms with Gasteiger partial charge in [0.2, 0.25) is 0 Å². The lowest BCUT2D eigenvalue weighted by Gasteiger charge is -2.01. The first-order chi connectivity index (χ1) is 3.31. The molecule has 0 aromatic heterocycles. The van der Waals surface area contributed by atoms with Crippen molar-refractivity contribution in [2.24, 2.45) is 0 Å². The van der Waals surface area contributed by atoms with Crippen LogP contribution in [0.5, 0.6) is 0 Å². The summed E-state index contributed by atoms with van der Waals surface area (Å²) in [6, 6.07) is 0. The van der Waals surface area contributed by atoms with Crippen molar-refractivity contribution in [3.8, 4) is 0 Å². The Labute approximate surface area is 43.5 Å². The maximum atomic E-state index is 9.53. The van der Waals surface area contributed by atoms with E-state index in [9.17, 15) is 4.79 Å². The van der Waals surface area contributed by atoms with Crippen LogP contribution in [0.25, 0.3) is 0 Å². The molecular formula is C5H9O2. The van der Waals surface area contributed by atoms with Crippen molar-refractivity contribution in [3.05, 3.63) is 6.42 Å². The van der Waals surface area contributed by atoms with Gasteiger partial charge < -0.3 is 4.74 Å². The molecule has 0 spiro atoms. The van der Waals surface area contributed by atoms with Gasteiger partial charge in [0.1, 0.15) is 6.10 Å². The third kappa shape index (κ3) is 3.30.